The van der Waals surface area contributed by atoms with Crippen LogP contribution in [-0.2, 0) is 0 Å². The van der Waals surface area contributed by atoms with Crippen molar-refractivity contribution in [3.8, 4) is 0 Å². The van der Waals surface area contributed by atoms with Gasteiger partial charge in [0, 0.05) is 0 Å². The smallest absolute Gasteiger partial charge is 0.0346 e. The van der Waals surface area contributed by atoms with Gasteiger partial charge in [-0.05, 0) is 43.9 Å². The highest BCUT2D eigenvalue weighted by atomic mass is 14.1. The molecule has 0 heteroatoms. The predicted molar refractivity (Wildman–Crippen MR) is 94.2 cm³/mol. The minimum Gasteiger partial charge on any atom is -0.0856 e. The number of hydrogen-bond donors (Lipinski definition) is 0. The fraction of sp³-hybridized carbons (Fsp3) is 0.900. The number of hydrogen-bond acceptors (Lipinski definition) is 0. The summed E-state index contributed by atoms with van der Waals surface area (Å²) in [6.07, 6.45) is 14.9. The van der Waals surface area contributed by atoms with E-state index < -0.39 is 0 Å². The Bertz CT molecular complexity index is 236. The van der Waals surface area contributed by atoms with Crippen molar-refractivity contribution in [3.63, 3.8) is 0 Å². The molecule has 0 aromatic rings. The van der Waals surface area contributed by atoms with E-state index in [1.54, 1.807) is 5.57 Å². The molecule has 0 saturated carbocycles. The van der Waals surface area contributed by atoms with Crippen LogP contribution in [0.25, 0.3) is 0 Å². The molecule has 0 aromatic carbocycles. The molecule has 0 aliphatic carbocycles. The number of allylic oxidation sites excluding steroid dienone is 2. The SMILES string of the molecule is CC/C(C)=C/CCC(C)CCCC(C)CCCC(C)C. The molecule has 0 nitrogen and oxygen atoms in total. The van der Waals surface area contributed by atoms with Crippen LogP contribution >= 0.6 is 0 Å². The van der Waals surface area contributed by atoms with E-state index in [1.807, 2.05) is 0 Å². The third-order valence-corrected chi connectivity index (χ3v) is 4.58. The molecule has 0 rings (SSSR count). The molecule has 2 atom stereocenters. The van der Waals surface area contributed by atoms with Gasteiger partial charge in [-0.2, -0.15) is 0 Å². The highest BCUT2D eigenvalue weighted by molar-refractivity contribution is 4.96. The Kier molecular flexibility index (Phi) is 12.3. The number of rotatable bonds is 12. The lowest BCUT2D eigenvalue weighted by molar-refractivity contribution is 0.393. The quantitative estimate of drug-likeness (QED) is 0.327. The molecule has 0 amide bonds. The average molecular weight is 281 g/mol. The van der Waals surface area contributed by atoms with Crippen molar-refractivity contribution in [3.05, 3.63) is 11.6 Å². The highest BCUT2D eigenvalue weighted by Gasteiger charge is 2.06. The maximum absolute atomic E-state index is 2.44. The van der Waals surface area contributed by atoms with Crippen molar-refractivity contribution < 1.29 is 0 Å². The molecule has 0 aromatic heterocycles. The molecule has 20 heavy (non-hydrogen) atoms. The molecule has 0 saturated heterocycles. The topological polar surface area (TPSA) is 0 Å². The first-order valence-corrected chi connectivity index (χ1v) is 9.11. The van der Waals surface area contributed by atoms with E-state index in [-0.39, 0.29) is 0 Å². The fourth-order valence-electron chi connectivity index (χ4n) is 2.74. The molecule has 0 fully saturated rings. The molecule has 0 N–H and O–H groups in total. The Labute approximate surface area is 129 Å². The summed E-state index contributed by atoms with van der Waals surface area (Å²) in [5.74, 6) is 2.71. The minimum absolute atomic E-state index is 0.877. The minimum atomic E-state index is 0.877. The molecule has 0 aliphatic heterocycles. The largest absolute Gasteiger partial charge is 0.0856 e. The van der Waals surface area contributed by atoms with E-state index in [1.165, 1.54) is 57.8 Å². The van der Waals surface area contributed by atoms with Gasteiger partial charge < -0.3 is 0 Å². The van der Waals surface area contributed by atoms with Crippen LogP contribution in [0.4, 0.5) is 0 Å². The van der Waals surface area contributed by atoms with Crippen LogP contribution in [0.1, 0.15) is 99.3 Å². The molecule has 0 heterocycles. The summed E-state index contributed by atoms with van der Waals surface area (Å²) in [5.41, 5.74) is 1.55. The summed E-state index contributed by atoms with van der Waals surface area (Å²) < 4.78 is 0. The zero-order valence-electron chi connectivity index (χ0n) is 15.2. The van der Waals surface area contributed by atoms with Crippen LogP contribution in [0, 0.1) is 17.8 Å². The summed E-state index contributed by atoms with van der Waals surface area (Å²) in [6.45, 7) is 14.0. The normalized spacial score (nSPS) is 15.7. The van der Waals surface area contributed by atoms with Gasteiger partial charge in [0.1, 0.15) is 0 Å². The lowest BCUT2D eigenvalue weighted by Gasteiger charge is -2.14. The van der Waals surface area contributed by atoms with Crippen molar-refractivity contribution in [2.24, 2.45) is 17.8 Å². The summed E-state index contributed by atoms with van der Waals surface area (Å²) in [4.78, 5) is 0. The van der Waals surface area contributed by atoms with Gasteiger partial charge in [0.2, 0.25) is 0 Å². The van der Waals surface area contributed by atoms with E-state index in [9.17, 15) is 0 Å². The lowest BCUT2D eigenvalue weighted by atomic mass is 9.92. The Hall–Kier alpha value is -0.260. The second kappa shape index (κ2) is 12.5. The Morgan fingerprint density at radius 3 is 1.80 bits per heavy atom. The third kappa shape index (κ3) is 12.8. The first-order chi connectivity index (χ1) is 9.45. The molecule has 120 valence electrons. The standard InChI is InChI=1S/C20H40/c1-7-18(4)12-9-14-20(6)16-10-15-19(5)13-8-11-17(2)3/h12,17,19-20H,7-11,13-16H2,1-6H3/b18-12+. The van der Waals surface area contributed by atoms with E-state index in [0.717, 1.165) is 17.8 Å². The average Bonchev–Trinajstić information content (AvgIpc) is 2.38. The van der Waals surface area contributed by atoms with Crippen LogP contribution < -0.4 is 0 Å². The van der Waals surface area contributed by atoms with Crippen LogP contribution in [0.2, 0.25) is 0 Å². The predicted octanol–water partition coefficient (Wildman–Crippen LogP) is 7.39. The van der Waals surface area contributed by atoms with Crippen LogP contribution in [0.15, 0.2) is 11.6 Å². The van der Waals surface area contributed by atoms with E-state index in [2.05, 4.69) is 47.6 Å². The van der Waals surface area contributed by atoms with Crippen LogP contribution in [0.3, 0.4) is 0 Å². The molecule has 0 aliphatic rings. The molecular weight excluding hydrogens is 240 g/mol. The summed E-state index contributed by atoms with van der Waals surface area (Å²) in [5, 5.41) is 0. The second-order valence-corrected chi connectivity index (χ2v) is 7.45. The third-order valence-electron chi connectivity index (χ3n) is 4.58. The first kappa shape index (κ1) is 19.7. The molecular formula is C20H40. The zero-order valence-corrected chi connectivity index (χ0v) is 15.2. The van der Waals surface area contributed by atoms with Gasteiger partial charge in [-0.25, -0.2) is 0 Å². The van der Waals surface area contributed by atoms with Gasteiger partial charge in [0.25, 0.3) is 0 Å². The van der Waals surface area contributed by atoms with E-state index in [4.69, 9.17) is 0 Å². The van der Waals surface area contributed by atoms with Crippen LogP contribution in [-0.4, -0.2) is 0 Å². The second-order valence-electron chi connectivity index (χ2n) is 7.45. The van der Waals surface area contributed by atoms with Crippen molar-refractivity contribution in [1.29, 1.82) is 0 Å². The van der Waals surface area contributed by atoms with Gasteiger partial charge in [0.05, 0.1) is 0 Å². The maximum Gasteiger partial charge on any atom is -0.0346 e. The monoisotopic (exact) mass is 280 g/mol. The molecule has 0 radical (unpaired) electrons. The Balaban J connectivity index is 3.52. The molecule has 2 unspecified atom stereocenters. The van der Waals surface area contributed by atoms with Crippen molar-refractivity contribution in [1.82, 2.24) is 0 Å². The van der Waals surface area contributed by atoms with Gasteiger partial charge >= 0.3 is 0 Å². The van der Waals surface area contributed by atoms with Gasteiger partial charge in [0.15, 0.2) is 0 Å². The first-order valence-electron chi connectivity index (χ1n) is 9.11. The van der Waals surface area contributed by atoms with Crippen molar-refractivity contribution >= 4 is 0 Å². The molecule has 0 bridgehead atoms. The van der Waals surface area contributed by atoms with Crippen molar-refractivity contribution in [2.45, 2.75) is 99.3 Å². The molecule has 0 spiro atoms. The fourth-order valence-corrected chi connectivity index (χ4v) is 2.74. The van der Waals surface area contributed by atoms with E-state index in [0.29, 0.717) is 0 Å². The van der Waals surface area contributed by atoms with Gasteiger partial charge in [-0.1, -0.05) is 84.8 Å². The van der Waals surface area contributed by atoms with E-state index >= 15 is 0 Å². The summed E-state index contributed by atoms with van der Waals surface area (Å²) in [7, 11) is 0. The highest BCUT2D eigenvalue weighted by Crippen LogP contribution is 2.21. The van der Waals surface area contributed by atoms with Crippen LogP contribution in [0.5, 0.6) is 0 Å². The lowest BCUT2D eigenvalue weighted by Crippen LogP contribution is -2.00. The zero-order chi connectivity index (χ0) is 15.4. The van der Waals surface area contributed by atoms with Gasteiger partial charge in [-0.3, -0.25) is 0 Å². The Morgan fingerprint density at radius 1 is 0.800 bits per heavy atom. The summed E-state index contributed by atoms with van der Waals surface area (Å²) in [6, 6.07) is 0. The van der Waals surface area contributed by atoms with Gasteiger partial charge in [-0.15, -0.1) is 0 Å². The maximum atomic E-state index is 2.44. The van der Waals surface area contributed by atoms with Crippen molar-refractivity contribution in [2.75, 3.05) is 0 Å². The Morgan fingerprint density at radius 2 is 1.30 bits per heavy atom. The summed E-state index contributed by atoms with van der Waals surface area (Å²) >= 11 is 0.